The second kappa shape index (κ2) is 11.1. The van der Waals surface area contributed by atoms with Gasteiger partial charge in [0.05, 0.1) is 12.6 Å². The molecule has 1 atom stereocenters. The SMILES string of the molecule is C=N/C(=C(\SC)C(CN)N1CCC(COc2ncccc2C#N)CC1)C(F)F. The summed E-state index contributed by atoms with van der Waals surface area (Å²) < 4.78 is 32.3. The van der Waals surface area contributed by atoms with Gasteiger partial charge in [0.15, 0.2) is 0 Å². The Kier molecular flexibility index (Phi) is 8.83. The van der Waals surface area contributed by atoms with E-state index < -0.39 is 6.43 Å². The Morgan fingerprint density at radius 3 is 2.79 bits per heavy atom. The quantitative estimate of drug-likeness (QED) is 0.631. The summed E-state index contributed by atoms with van der Waals surface area (Å²) in [6.45, 7) is 5.44. The van der Waals surface area contributed by atoms with Gasteiger partial charge in [-0.3, -0.25) is 9.89 Å². The predicted molar refractivity (Wildman–Crippen MR) is 108 cm³/mol. The molecule has 6 nitrogen and oxygen atoms in total. The molecule has 28 heavy (non-hydrogen) atoms. The van der Waals surface area contributed by atoms with E-state index in [0.717, 1.165) is 25.9 Å². The highest BCUT2D eigenvalue weighted by atomic mass is 32.2. The lowest BCUT2D eigenvalue weighted by Gasteiger charge is -2.38. The van der Waals surface area contributed by atoms with Crippen molar-refractivity contribution in [3.8, 4) is 11.9 Å². The van der Waals surface area contributed by atoms with Crippen molar-refractivity contribution in [3.63, 3.8) is 0 Å². The van der Waals surface area contributed by atoms with Crippen molar-refractivity contribution in [3.05, 3.63) is 34.5 Å². The molecule has 1 unspecified atom stereocenters. The summed E-state index contributed by atoms with van der Waals surface area (Å²) in [4.78, 5) is 10.2. The number of likely N-dealkylation sites (tertiary alicyclic amines) is 1. The van der Waals surface area contributed by atoms with Gasteiger partial charge in [0.25, 0.3) is 6.43 Å². The van der Waals surface area contributed by atoms with Gasteiger partial charge in [-0.25, -0.2) is 13.8 Å². The second-order valence-corrected chi connectivity index (χ2v) is 7.27. The van der Waals surface area contributed by atoms with Crippen LogP contribution in [0.1, 0.15) is 18.4 Å². The molecule has 1 fully saturated rings. The van der Waals surface area contributed by atoms with Crippen molar-refractivity contribution >= 4 is 18.5 Å². The summed E-state index contributed by atoms with van der Waals surface area (Å²) >= 11 is 1.25. The minimum atomic E-state index is -2.67. The average molecular weight is 410 g/mol. The number of hydrogen-bond acceptors (Lipinski definition) is 7. The fourth-order valence-electron chi connectivity index (χ4n) is 3.31. The van der Waals surface area contributed by atoms with E-state index in [4.69, 9.17) is 15.7 Å². The van der Waals surface area contributed by atoms with Gasteiger partial charge >= 0.3 is 0 Å². The highest BCUT2D eigenvalue weighted by Gasteiger charge is 2.30. The maximum absolute atomic E-state index is 13.3. The van der Waals surface area contributed by atoms with E-state index in [-0.39, 0.29) is 18.3 Å². The Bertz CT molecular complexity index is 729. The number of nitrogens with two attached hydrogens (primary N) is 1. The minimum Gasteiger partial charge on any atom is -0.476 e. The predicted octanol–water partition coefficient (Wildman–Crippen LogP) is 2.91. The molecular weight excluding hydrogens is 384 g/mol. The molecule has 0 bridgehead atoms. The van der Waals surface area contributed by atoms with Crippen molar-refractivity contribution in [2.24, 2.45) is 16.6 Å². The monoisotopic (exact) mass is 409 g/mol. The van der Waals surface area contributed by atoms with Crippen molar-refractivity contribution in [1.29, 1.82) is 5.26 Å². The lowest BCUT2D eigenvalue weighted by molar-refractivity contribution is 0.119. The number of nitriles is 1. The van der Waals surface area contributed by atoms with E-state index in [1.807, 2.05) is 0 Å². The van der Waals surface area contributed by atoms with E-state index in [1.165, 1.54) is 11.8 Å². The van der Waals surface area contributed by atoms with Gasteiger partial charge in [0, 0.05) is 17.6 Å². The molecule has 2 rings (SSSR count). The van der Waals surface area contributed by atoms with Gasteiger partial charge in [0.1, 0.15) is 17.3 Å². The Balaban J connectivity index is 1.98. The lowest BCUT2D eigenvalue weighted by Crippen LogP contribution is -2.46. The molecule has 1 aromatic heterocycles. The third-order valence-electron chi connectivity index (χ3n) is 4.81. The first-order chi connectivity index (χ1) is 13.5. The third-order valence-corrected chi connectivity index (χ3v) is 5.73. The Morgan fingerprint density at radius 2 is 2.25 bits per heavy atom. The van der Waals surface area contributed by atoms with Gasteiger partial charge in [-0.15, -0.1) is 11.8 Å². The molecule has 0 saturated carbocycles. The first-order valence-corrected chi connectivity index (χ1v) is 10.2. The van der Waals surface area contributed by atoms with E-state index in [1.54, 1.807) is 24.6 Å². The molecule has 1 saturated heterocycles. The van der Waals surface area contributed by atoms with Crippen molar-refractivity contribution in [2.75, 3.05) is 32.5 Å². The van der Waals surface area contributed by atoms with Crippen molar-refractivity contribution in [1.82, 2.24) is 9.88 Å². The molecule has 9 heteroatoms. The van der Waals surface area contributed by atoms with Crippen LogP contribution in [0.25, 0.3) is 0 Å². The van der Waals surface area contributed by atoms with Gasteiger partial charge in [-0.05, 0) is 57.0 Å². The Labute approximate surface area is 168 Å². The Hall–Kier alpha value is -2.02. The lowest BCUT2D eigenvalue weighted by atomic mass is 9.96. The summed E-state index contributed by atoms with van der Waals surface area (Å²) in [5.74, 6) is 0.649. The van der Waals surface area contributed by atoms with Crippen LogP contribution in [-0.2, 0) is 0 Å². The number of allylic oxidation sites excluding steroid dienone is 1. The van der Waals surface area contributed by atoms with Crippen LogP contribution in [0, 0.1) is 17.2 Å². The topological polar surface area (TPSA) is 87.5 Å². The molecule has 1 aromatic rings. The zero-order chi connectivity index (χ0) is 20.5. The van der Waals surface area contributed by atoms with Gasteiger partial charge in [-0.2, -0.15) is 5.26 Å². The van der Waals surface area contributed by atoms with Crippen LogP contribution in [0.2, 0.25) is 0 Å². The highest BCUT2D eigenvalue weighted by molar-refractivity contribution is 8.02. The fourth-order valence-corrected chi connectivity index (χ4v) is 4.19. The highest BCUT2D eigenvalue weighted by Crippen LogP contribution is 2.31. The molecule has 152 valence electrons. The molecule has 0 radical (unpaired) electrons. The van der Waals surface area contributed by atoms with Crippen LogP contribution in [-0.4, -0.2) is 61.6 Å². The van der Waals surface area contributed by atoms with Crippen LogP contribution in [0.5, 0.6) is 5.88 Å². The van der Waals surface area contributed by atoms with E-state index in [0.29, 0.717) is 28.9 Å². The second-order valence-electron chi connectivity index (χ2n) is 6.42. The minimum absolute atomic E-state index is 0.239. The summed E-state index contributed by atoms with van der Waals surface area (Å²) in [6, 6.07) is 5.13. The number of halogens is 2. The number of hydrogen-bond donors (Lipinski definition) is 1. The molecule has 0 aliphatic carbocycles. The van der Waals surface area contributed by atoms with Crippen LogP contribution in [0.15, 0.2) is 33.9 Å². The largest absolute Gasteiger partial charge is 0.476 e. The number of pyridine rings is 1. The summed E-state index contributed by atoms with van der Waals surface area (Å²) in [5, 5.41) is 9.10. The van der Waals surface area contributed by atoms with Gasteiger partial charge in [-0.1, -0.05) is 0 Å². The number of thioether (sulfide) groups is 1. The molecule has 0 amide bonds. The van der Waals surface area contributed by atoms with Crippen molar-refractivity contribution in [2.45, 2.75) is 25.3 Å². The molecular formula is C19H25F2N5OS. The van der Waals surface area contributed by atoms with Crippen LogP contribution in [0.4, 0.5) is 8.78 Å². The van der Waals surface area contributed by atoms with Crippen LogP contribution in [0.3, 0.4) is 0 Å². The first-order valence-electron chi connectivity index (χ1n) is 9.00. The van der Waals surface area contributed by atoms with Crippen LogP contribution < -0.4 is 10.5 Å². The molecule has 2 N–H and O–H groups in total. The van der Waals surface area contributed by atoms with E-state index in [2.05, 4.69) is 27.7 Å². The van der Waals surface area contributed by atoms with E-state index in [9.17, 15) is 8.78 Å². The van der Waals surface area contributed by atoms with Crippen LogP contribution >= 0.6 is 11.8 Å². The molecule has 0 aromatic carbocycles. The summed E-state index contributed by atoms with van der Waals surface area (Å²) in [6.07, 6.45) is 2.37. The standard InChI is InChI=1S/C19H25F2N5OS/c1-24-16(18(20)21)17(28-2)15(11-23)26-8-5-13(6-9-26)12-27-19-14(10-22)4-3-7-25-19/h3-4,7,13,15,18H,1,5-6,8-9,11-12,23H2,2H3/b17-16-. The third kappa shape index (κ3) is 5.50. The number of rotatable bonds is 9. The number of nitrogens with zero attached hydrogens (tertiary/aromatic N) is 4. The van der Waals surface area contributed by atoms with Gasteiger partial charge < -0.3 is 10.5 Å². The number of alkyl halides is 2. The normalized spacial score (nSPS) is 17.7. The number of ether oxygens (including phenoxy) is 1. The number of aromatic nitrogens is 1. The maximum Gasteiger partial charge on any atom is 0.281 e. The Morgan fingerprint density at radius 1 is 1.54 bits per heavy atom. The molecule has 2 heterocycles. The molecule has 0 spiro atoms. The van der Waals surface area contributed by atoms with E-state index >= 15 is 0 Å². The zero-order valence-electron chi connectivity index (χ0n) is 15.9. The zero-order valence-corrected chi connectivity index (χ0v) is 16.7. The molecule has 1 aliphatic rings. The number of aliphatic imine (C=N–C) groups is 1. The summed E-state index contributed by atoms with van der Waals surface area (Å²) in [7, 11) is 0. The fraction of sp³-hybridized carbons (Fsp3) is 0.526. The average Bonchev–Trinajstić information content (AvgIpc) is 2.72. The maximum atomic E-state index is 13.3. The first kappa shape index (κ1) is 22.3. The smallest absolute Gasteiger partial charge is 0.281 e. The molecule has 1 aliphatic heterocycles. The summed E-state index contributed by atoms with van der Waals surface area (Å²) in [5.41, 5.74) is 6.04. The van der Waals surface area contributed by atoms with Crippen molar-refractivity contribution < 1.29 is 13.5 Å². The number of piperidine rings is 1. The van der Waals surface area contributed by atoms with Gasteiger partial charge in [0.2, 0.25) is 5.88 Å².